The summed E-state index contributed by atoms with van der Waals surface area (Å²) in [4.78, 5) is 27.5. The first-order chi connectivity index (χ1) is 10.8. The van der Waals surface area contributed by atoms with Crippen molar-refractivity contribution in [2.75, 3.05) is 25.1 Å². The molecule has 1 aliphatic heterocycles. The predicted molar refractivity (Wildman–Crippen MR) is 87.4 cm³/mol. The largest absolute Gasteiger partial charge is 0.333 e. The summed E-state index contributed by atoms with van der Waals surface area (Å²) in [6.45, 7) is 2.59. The molecule has 2 amide bonds. The van der Waals surface area contributed by atoms with Crippen LogP contribution in [-0.4, -0.2) is 61.2 Å². The van der Waals surface area contributed by atoms with Crippen LogP contribution < -0.4 is 0 Å². The standard InChI is InChI=1S/C16H22N2O4S/c1-3-18(11-13-7-5-4-6-8-13)16(20)15(19)17(2)14-9-10-23(21,22)12-14/h4-8,14H,3,9-12H2,1-2H3. The van der Waals surface area contributed by atoms with Crippen molar-refractivity contribution in [3.63, 3.8) is 0 Å². The van der Waals surface area contributed by atoms with Crippen molar-refractivity contribution >= 4 is 21.7 Å². The molecule has 0 radical (unpaired) electrons. The first-order valence-corrected chi connectivity index (χ1v) is 9.46. The second kappa shape index (κ2) is 7.12. The van der Waals surface area contributed by atoms with Crippen molar-refractivity contribution in [1.82, 2.24) is 9.80 Å². The van der Waals surface area contributed by atoms with Crippen LogP contribution >= 0.6 is 0 Å². The summed E-state index contributed by atoms with van der Waals surface area (Å²) in [6.07, 6.45) is 0.392. The van der Waals surface area contributed by atoms with Gasteiger partial charge in [0.1, 0.15) is 0 Å². The van der Waals surface area contributed by atoms with Crippen molar-refractivity contribution in [2.45, 2.75) is 25.9 Å². The number of benzene rings is 1. The monoisotopic (exact) mass is 338 g/mol. The van der Waals surface area contributed by atoms with E-state index in [0.29, 0.717) is 19.5 Å². The van der Waals surface area contributed by atoms with Crippen LogP contribution in [0.1, 0.15) is 18.9 Å². The number of sulfone groups is 1. The lowest BCUT2D eigenvalue weighted by molar-refractivity contribution is -0.152. The molecule has 23 heavy (non-hydrogen) atoms. The molecule has 1 aromatic rings. The van der Waals surface area contributed by atoms with E-state index in [1.165, 1.54) is 16.8 Å². The number of rotatable bonds is 4. The van der Waals surface area contributed by atoms with E-state index in [9.17, 15) is 18.0 Å². The van der Waals surface area contributed by atoms with Gasteiger partial charge >= 0.3 is 11.8 Å². The second-order valence-corrected chi connectivity index (χ2v) is 8.01. The summed E-state index contributed by atoms with van der Waals surface area (Å²) in [6, 6.07) is 9.03. The molecule has 1 saturated heterocycles. The fourth-order valence-corrected chi connectivity index (χ4v) is 4.44. The molecule has 6 nitrogen and oxygen atoms in total. The highest BCUT2D eigenvalue weighted by Crippen LogP contribution is 2.17. The highest BCUT2D eigenvalue weighted by Gasteiger charge is 2.35. The van der Waals surface area contributed by atoms with E-state index >= 15 is 0 Å². The molecule has 0 aliphatic carbocycles. The molecule has 0 aromatic heterocycles. The molecule has 0 N–H and O–H groups in total. The lowest BCUT2D eigenvalue weighted by Crippen LogP contribution is -2.47. The van der Waals surface area contributed by atoms with Crippen LogP contribution in [0.15, 0.2) is 30.3 Å². The van der Waals surface area contributed by atoms with Gasteiger partial charge in [-0.1, -0.05) is 30.3 Å². The number of hydrogen-bond acceptors (Lipinski definition) is 4. The zero-order valence-corrected chi connectivity index (χ0v) is 14.3. The van der Waals surface area contributed by atoms with E-state index in [1.807, 2.05) is 37.3 Å². The van der Waals surface area contributed by atoms with Gasteiger partial charge in [0.05, 0.1) is 11.5 Å². The third-order valence-electron chi connectivity index (χ3n) is 4.14. The minimum Gasteiger partial charge on any atom is -0.333 e. The van der Waals surface area contributed by atoms with Crippen LogP contribution in [0.2, 0.25) is 0 Å². The Balaban J connectivity index is 2.03. The molecule has 126 valence electrons. The molecule has 1 aromatic carbocycles. The third-order valence-corrected chi connectivity index (χ3v) is 5.89. The lowest BCUT2D eigenvalue weighted by Gasteiger charge is -2.27. The van der Waals surface area contributed by atoms with Crippen molar-refractivity contribution in [3.05, 3.63) is 35.9 Å². The van der Waals surface area contributed by atoms with Gasteiger partial charge in [0.25, 0.3) is 0 Å². The number of amides is 2. The maximum atomic E-state index is 12.4. The SMILES string of the molecule is CCN(Cc1ccccc1)C(=O)C(=O)N(C)C1CCS(=O)(=O)C1. The van der Waals surface area contributed by atoms with Gasteiger partial charge < -0.3 is 9.80 Å². The van der Waals surface area contributed by atoms with E-state index in [4.69, 9.17) is 0 Å². The van der Waals surface area contributed by atoms with E-state index in [0.717, 1.165) is 5.56 Å². The molecule has 0 spiro atoms. The Labute approximate surface area is 137 Å². The van der Waals surface area contributed by atoms with Gasteiger partial charge in [-0.25, -0.2) is 8.42 Å². The predicted octanol–water partition coefficient (Wildman–Crippen LogP) is 0.681. The lowest BCUT2D eigenvalue weighted by atomic mass is 10.2. The summed E-state index contributed by atoms with van der Waals surface area (Å²) in [5.41, 5.74) is 0.946. The maximum absolute atomic E-state index is 12.4. The number of likely N-dealkylation sites (N-methyl/N-ethyl adjacent to an activating group) is 2. The smallest absolute Gasteiger partial charge is 0.312 e. The van der Waals surface area contributed by atoms with Crippen molar-refractivity contribution in [1.29, 1.82) is 0 Å². The van der Waals surface area contributed by atoms with Crippen molar-refractivity contribution in [2.24, 2.45) is 0 Å². The average molecular weight is 338 g/mol. The summed E-state index contributed by atoms with van der Waals surface area (Å²) < 4.78 is 23.1. The van der Waals surface area contributed by atoms with Gasteiger partial charge in [-0.05, 0) is 18.9 Å². The molecular weight excluding hydrogens is 316 g/mol. The summed E-state index contributed by atoms with van der Waals surface area (Å²) in [7, 11) is -1.59. The Hall–Kier alpha value is -1.89. The van der Waals surface area contributed by atoms with Gasteiger partial charge in [0.15, 0.2) is 9.84 Å². The molecule has 2 rings (SSSR count). The number of carbonyl (C=O) groups excluding carboxylic acids is 2. The minimum absolute atomic E-state index is 0.0622. The Morgan fingerprint density at radius 1 is 1.17 bits per heavy atom. The maximum Gasteiger partial charge on any atom is 0.312 e. The topological polar surface area (TPSA) is 74.8 Å². The second-order valence-electron chi connectivity index (χ2n) is 5.78. The molecule has 0 saturated carbocycles. The van der Waals surface area contributed by atoms with Crippen LogP contribution in [0.5, 0.6) is 0 Å². The summed E-state index contributed by atoms with van der Waals surface area (Å²) >= 11 is 0. The van der Waals surface area contributed by atoms with Gasteiger partial charge in [-0.2, -0.15) is 0 Å². The summed E-state index contributed by atoms with van der Waals surface area (Å²) in [5, 5.41) is 0. The van der Waals surface area contributed by atoms with Gasteiger partial charge in [-0.3, -0.25) is 9.59 Å². The van der Waals surface area contributed by atoms with Crippen LogP contribution in [-0.2, 0) is 26.0 Å². The van der Waals surface area contributed by atoms with E-state index in [2.05, 4.69) is 0 Å². The normalized spacial score (nSPS) is 19.3. The highest BCUT2D eigenvalue weighted by atomic mass is 32.2. The minimum atomic E-state index is -3.09. The van der Waals surface area contributed by atoms with Gasteiger partial charge in [0, 0.05) is 26.2 Å². The molecule has 1 unspecified atom stereocenters. The van der Waals surface area contributed by atoms with Crippen LogP contribution in [0.25, 0.3) is 0 Å². The summed E-state index contributed by atoms with van der Waals surface area (Å²) in [5.74, 6) is -1.23. The zero-order chi connectivity index (χ0) is 17.0. The first kappa shape index (κ1) is 17.5. The van der Waals surface area contributed by atoms with Gasteiger partial charge in [-0.15, -0.1) is 0 Å². The molecular formula is C16H22N2O4S. The molecule has 1 fully saturated rings. The van der Waals surface area contributed by atoms with E-state index in [-0.39, 0.29) is 11.5 Å². The molecule has 1 aliphatic rings. The Kier molecular flexibility index (Phi) is 5.41. The average Bonchev–Trinajstić information content (AvgIpc) is 2.91. The van der Waals surface area contributed by atoms with E-state index in [1.54, 1.807) is 0 Å². The van der Waals surface area contributed by atoms with Crippen molar-refractivity contribution < 1.29 is 18.0 Å². The molecule has 7 heteroatoms. The third kappa shape index (κ3) is 4.31. The van der Waals surface area contributed by atoms with E-state index < -0.39 is 27.7 Å². The number of carbonyl (C=O) groups is 2. The Bertz CT molecular complexity index is 673. The highest BCUT2D eigenvalue weighted by molar-refractivity contribution is 7.91. The fourth-order valence-electron chi connectivity index (χ4n) is 2.66. The van der Waals surface area contributed by atoms with Crippen LogP contribution in [0.4, 0.5) is 0 Å². The molecule has 0 bridgehead atoms. The zero-order valence-electron chi connectivity index (χ0n) is 13.4. The quantitative estimate of drug-likeness (QED) is 0.757. The van der Waals surface area contributed by atoms with Crippen LogP contribution in [0.3, 0.4) is 0 Å². The Morgan fingerprint density at radius 2 is 1.83 bits per heavy atom. The number of hydrogen-bond donors (Lipinski definition) is 0. The molecule has 1 heterocycles. The van der Waals surface area contributed by atoms with Crippen LogP contribution in [0, 0.1) is 0 Å². The van der Waals surface area contributed by atoms with Crippen molar-refractivity contribution in [3.8, 4) is 0 Å². The first-order valence-electron chi connectivity index (χ1n) is 7.64. The fraction of sp³-hybridized carbons (Fsp3) is 0.500. The molecule has 1 atom stereocenters. The number of nitrogens with zero attached hydrogens (tertiary/aromatic N) is 2. The Morgan fingerprint density at radius 3 is 2.35 bits per heavy atom. The van der Waals surface area contributed by atoms with Gasteiger partial charge in [0.2, 0.25) is 0 Å².